The molecule has 0 bridgehead atoms. The fourth-order valence-electron chi connectivity index (χ4n) is 2.90. The van der Waals surface area contributed by atoms with Crippen molar-refractivity contribution in [1.82, 2.24) is 0 Å². The van der Waals surface area contributed by atoms with Crippen molar-refractivity contribution < 1.29 is 24.0 Å². The van der Waals surface area contributed by atoms with Crippen LogP contribution in [0.4, 0.5) is 11.4 Å². The van der Waals surface area contributed by atoms with Crippen LogP contribution < -0.4 is 10.1 Å². The Labute approximate surface area is 169 Å². The third-order valence-corrected chi connectivity index (χ3v) is 4.65. The Bertz CT molecular complexity index is 869. The fourth-order valence-corrected chi connectivity index (χ4v) is 2.90. The predicted molar refractivity (Wildman–Crippen MR) is 108 cm³/mol. The number of hydrogen-bond donors (Lipinski definition) is 1. The van der Waals surface area contributed by atoms with Crippen LogP contribution in [0, 0.1) is 16.0 Å². The van der Waals surface area contributed by atoms with Crippen LogP contribution in [-0.4, -0.2) is 30.5 Å². The van der Waals surface area contributed by atoms with E-state index in [4.69, 9.17) is 9.47 Å². The molecule has 2 rings (SSSR count). The van der Waals surface area contributed by atoms with Gasteiger partial charge in [0.2, 0.25) is 0 Å². The van der Waals surface area contributed by atoms with Gasteiger partial charge in [-0.15, -0.1) is 0 Å². The van der Waals surface area contributed by atoms with E-state index in [-0.39, 0.29) is 17.3 Å². The van der Waals surface area contributed by atoms with Crippen LogP contribution in [0.3, 0.4) is 0 Å². The van der Waals surface area contributed by atoms with Gasteiger partial charge < -0.3 is 14.8 Å². The summed E-state index contributed by atoms with van der Waals surface area (Å²) in [6, 6.07) is 13.3. The van der Waals surface area contributed by atoms with Crippen molar-refractivity contribution in [3.05, 3.63) is 64.2 Å². The van der Waals surface area contributed by atoms with Crippen molar-refractivity contribution in [2.75, 3.05) is 19.0 Å². The SMILES string of the molecule is CC[C@H](C)[C@H](C(=O)OCC(=O)Nc1ccc(OC)cc1[N+](=O)[O-])c1ccccc1. The molecule has 29 heavy (non-hydrogen) atoms. The monoisotopic (exact) mass is 400 g/mol. The van der Waals surface area contributed by atoms with Crippen molar-refractivity contribution in [3.63, 3.8) is 0 Å². The van der Waals surface area contributed by atoms with Crippen molar-refractivity contribution in [2.45, 2.75) is 26.2 Å². The number of nitro benzene ring substituents is 1. The second-order valence-corrected chi connectivity index (χ2v) is 6.57. The third-order valence-electron chi connectivity index (χ3n) is 4.65. The lowest BCUT2D eigenvalue weighted by Gasteiger charge is -2.21. The highest BCUT2D eigenvalue weighted by Crippen LogP contribution is 2.30. The van der Waals surface area contributed by atoms with E-state index in [2.05, 4.69) is 5.32 Å². The molecule has 0 aliphatic heterocycles. The zero-order valence-corrected chi connectivity index (χ0v) is 16.6. The Morgan fingerprint density at radius 3 is 2.45 bits per heavy atom. The standard InChI is InChI=1S/C21H24N2O6/c1-4-14(2)20(15-8-6-5-7-9-15)21(25)29-13-19(24)22-17-11-10-16(28-3)12-18(17)23(26)27/h5-12,14,20H,4,13H2,1-3H3,(H,22,24)/t14-,20-/m0/s1. The number of nitrogens with one attached hydrogen (secondary N) is 1. The minimum absolute atomic E-state index is 0.00150. The fraction of sp³-hybridized carbons (Fsp3) is 0.333. The quantitative estimate of drug-likeness (QED) is 0.388. The summed E-state index contributed by atoms with van der Waals surface area (Å²) >= 11 is 0. The molecule has 0 unspecified atom stereocenters. The number of carbonyl (C=O) groups excluding carboxylic acids is 2. The maximum Gasteiger partial charge on any atom is 0.314 e. The lowest BCUT2D eigenvalue weighted by atomic mass is 9.86. The normalized spacial score (nSPS) is 12.5. The number of nitrogens with zero attached hydrogens (tertiary/aromatic N) is 1. The molecule has 154 valence electrons. The highest BCUT2D eigenvalue weighted by molar-refractivity contribution is 5.95. The molecule has 1 N–H and O–H groups in total. The lowest BCUT2D eigenvalue weighted by Crippen LogP contribution is -2.27. The van der Waals surface area contributed by atoms with E-state index in [1.54, 1.807) is 0 Å². The summed E-state index contributed by atoms with van der Waals surface area (Å²) in [6.45, 7) is 3.38. The molecule has 0 fully saturated rings. The molecule has 2 aromatic rings. The number of methoxy groups -OCH3 is 1. The molecule has 0 aliphatic rings. The molecular formula is C21H24N2O6. The van der Waals surface area contributed by atoms with Crippen LogP contribution in [0.15, 0.2) is 48.5 Å². The van der Waals surface area contributed by atoms with Crippen molar-refractivity contribution in [3.8, 4) is 5.75 Å². The summed E-state index contributed by atoms with van der Waals surface area (Å²) in [4.78, 5) is 35.4. The molecule has 0 spiro atoms. The van der Waals surface area contributed by atoms with Crippen LogP contribution in [0.2, 0.25) is 0 Å². The summed E-state index contributed by atoms with van der Waals surface area (Å²) in [6.07, 6.45) is 0.763. The van der Waals surface area contributed by atoms with Gasteiger partial charge in [0.15, 0.2) is 6.61 Å². The third kappa shape index (κ3) is 5.78. The minimum atomic E-state index is -0.664. The van der Waals surface area contributed by atoms with E-state index >= 15 is 0 Å². The van der Waals surface area contributed by atoms with E-state index in [0.717, 1.165) is 12.0 Å². The van der Waals surface area contributed by atoms with Crippen LogP contribution in [0.1, 0.15) is 31.7 Å². The van der Waals surface area contributed by atoms with E-state index in [1.807, 2.05) is 44.2 Å². The highest BCUT2D eigenvalue weighted by atomic mass is 16.6. The van der Waals surface area contributed by atoms with Gasteiger partial charge in [0.1, 0.15) is 11.4 Å². The number of hydrogen-bond acceptors (Lipinski definition) is 6. The summed E-state index contributed by atoms with van der Waals surface area (Å²) in [5.41, 5.74) is 0.502. The number of anilines is 1. The molecule has 0 heterocycles. The van der Waals surface area contributed by atoms with Crippen LogP contribution in [0.5, 0.6) is 5.75 Å². The Hall–Kier alpha value is -3.42. The largest absolute Gasteiger partial charge is 0.496 e. The summed E-state index contributed by atoms with van der Waals surface area (Å²) in [5, 5.41) is 13.6. The first-order chi connectivity index (χ1) is 13.9. The number of benzene rings is 2. The minimum Gasteiger partial charge on any atom is -0.496 e. The Morgan fingerprint density at radius 2 is 1.86 bits per heavy atom. The van der Waals surface area contributed by atoms with Crippen molar-refractivity contribution >= 4 is 23.3 Å². The van der Waals surface area contributed by atoms with Gasteiger partial charge in [-0.05, 0) is 23.6 Å². The van der Waals surface area contributed by atoms with Crippen LogP contribution in [-0.2, 0) is 14.3 Å². The first-order valence-electron chi connectivity index (χ1n) is 9.21. The molecule has 2 atom stereocenters. The average Bonchev–Trinajstić information content (AvgIpc) is 2.73. The van der Waals surface area contributed by atoms with Gasteiger partial charge >= 0.3 is 5.97 Å². The molecule has 0 saturated heterocycles. The van der Waals surface area contributed by atoms with Gasteiger partial charge in [-0.25, -0.2) is 0 Å². The maximum absolute atomic E-state index is 12.6. The van der Waals surface area contributed by atoms with Crippen molar-refractivity contribution in [2.24, 2.45) is 5.92 Å². The number of carbonyl (C=O) groups is 2. The number of rotatable bonds is 9. The van der Waals surface area contributed by atoms with Gasteiger partial charge in [-0.3, -0.25) is 19.7 Å². The van der Waals surface area contributed by atoms with Crippen molar-refractivity contribution in [1.29, 1.82) is 0 Å². The zero-order chi connectivity index (χ0) is 21.4. The second-order valence-electron chi connectivity index (χ2n) is 6.57. The predicted octanol–water partition coefficient (Wildman–Crippen LogP) is 3.92. The molecule has 2 aromatic carbocycles. The molecule has 0 aromatic heterocycles. The molecule has 0 radical (unpaired) electrons. The van der Waals surface area contributed by atoms with Gasteiger partial charge in [-0.1, -0.05) is 50.6 Å². The molecule has 1 amide bonds. The van der Waals surface area contributed by atoms with Gasteiger partial charge in [0.05, 0.1) is 24.0 Å². The Morgan fingerprint density at radius 1 is 1.17 bits per heavy atom. The van der Waals surface area contributed by atoms with Crippen LogP contribution in [0.25, 0.3) is 0 Å². The Balaban J connectivity index is 2.06. The summed E-state index contributed by atoms with van der Waals surface area (Å²) in [7, 11) is 1.39. The van der Waals surface area contributed by atoms with Gasteiger partial charge in [0, 0.05) is 0 Å². The molecule has 0 aliphatic carbocycles. The molecule has 0 saturated carbocycles. The maximum atomic E-state index is 12.6. The van der Waals surface area contributed by atoms with Gasteiger partial charge in [0.25, 0.3) is 11.6 Å². The highest BCUT2D eigenvalue weighted by Gasteiger charge is 2.28. The molecule has 8 nitrogen and oxygen atoms in total. The topological polar surface area (TPSA) is 108 Å². The lowest BCUT2D eigenvalue weighted by molar-refractivity contribution is -0.384. The van der Waals surface area contributed by atoms with E-state index in [9.17, 15) is 19.7 Å². The first-order valence-corrected chi connectivity index (χ1v) is 9.21. The molecular weight excluding hydrogens is 376 g/mol. The number of esters is 1. The Kier molecular flexibility index (Phi) is 7.70. The molecule has 8 heteroatoms. The summed E-state index contributed by atoms with van der Waals surface area (Å²) in [5.74, 6) is -1.35. The number of amides is 1. The summed E-state index contributed by atoms with van der Waals surface area (Å²) < 4.78 is 10.2. The zero-order valence-electron chi connectivity index (χ0n) is 16.6. The average molecular weight is 400 g/mol. The van der Waals surface area contributed by atoms with E-state index < -0.39 is 29.3 Å². The number of nitro groups is 1. The second kappa shape index (κ2) is 10.2. The van der Waals surface area contributed by atoms with Gasteiger partial charge in [-0.2, -0.15) is 0 Å². The first kappa shape index (κ1) is 21.9. The van der Waals surface area contributed by atoms with E-state index in [0.29, 0.717) is 5.75 Å². The number of ether oxygens (including phenoxy) is 2. The van der Waals surface area contributed by atoms with E-state index in [1.165, 1.54) is 25.3 Å². The smallest absolute Gasteiger partial charge is 0.314 e. The van der Waals surface area contributed by atoms with Crippen LogP contribution >= 0.6 is 0 Å².